The number of rotatable bonds is 5. The van der Waals surface area contributed by atoms with E-state index in [-0.39, 0.29) is 5.75 Å². The molecule has 5 aromatic carbocycles. The molecule has 1 amide bonds. The molecule has 0 aliphatic carbocycles. The van der Waals surface area contributed by atoms with Crippen molar-refractivity contribution in [2.45, 2.75) is 6.54 Å². The molecule has 174 valence electrons. The van der Waals surface area contributed by atoms with Gasteiger partial charge in [0.15, 0.2) is 0 Å². The average Bonchev–Trinajstić information content (AvgIpc) is 3.23. The quantitative estimate of drug-likeness (QED) is 0.287. The fourth-order valence-electron chi connectivity index (χ4n) is 5.07. The van der Waals surface area contributed by atoms with E-state index in [2.05, 4.69) is 47.0 Å². The van der Waals surface area contributed by atoms with Gasteiger partial charge in [-0.05, 0) is 58.1 Å². The van der Waals surface area contributed by atoms with Gasteiger partial charge in [-0.3, -0.25) is 4.79 Å². The third kappa shape index (κ3) is 3.69. The highest BCUT2D eigenvalue weighted by Gasteiger charge is 2.20. The van der Waals surface area contributed by atoms with Gasteiger partial charge < -0.3 is 15.4 Å². The number of phenols is 1. The van der Waals surface area contributed by atoms with Gasteiger partial charge in [0.25, 0.3) is 0 Å². The summed E-state index contributed by atoms with van der Waals surface area (Å²) in [6, 6.07) is 38.1. The first-order valence-corrected chi connectivity index (χ1v) is 11.9. The van der Waals surface area contributed by atoms with Crippen molar-refractivity contribution in [2.75, 3.05) is 0 Å². The Morgan fingerprint density at radius 3 is 1.97 bits per heavy atom. The average molecular weight is 469 g/mol. The number of aromatic hydroxyl groups is 1. The molecule has 0 bridgehead atoms. The summed E-state index contributed by atoms with van der Waals surface area (Å²) in [7, 11) is 0. The number of fused-ring (bicyclic) bond motifs is 3. The Morgan fingerprint density at radius 1 is 0.639 bits per heavy atom. The van der Waals surface area contributed by atoms with Crippen molar-refractivity contribution in [3.63, 3.8) is 0 Å². The van der Waals surface area contributed by atoms with Crippen LogP contribution in [0.25, 0.3) is 44.1 Å². The molecule has 3 N–H and O–H groups in total. The lowest BCUT2D eigenvalue weighted by molar-refractivity contribution is 0.100. The van der Waals surface area contributed by atoms with Gasteiger partial charge in [-0.1, -0.05) is 84.9 Å². The Bertz CT molecular complexity index is 1740. The summed E-state index contributed by atoms with van der Waals surface area (Å²) in [4.78, 5) is 12.4. The number of carbonyl (C=O) groups is 1. The summed E-state index contributed by atoms with van der Waals surface area (Å²) < 4.78 is 2.16. The second-order valence-electron chi connectivity index (χ2n) is 8.97. The Morgan fingerprint density at radius 2 is 1.28 bits per heavy atom. The molecular formula is C32H24N2O2. The van der Waals surface area contributed by atoms with Crippen LogP contribution in [0.15, 0.2) is 115 Å². The molecule has 1 aromatic heterocycles. The van der Waals surface area contributed by atoms with E-state index in [1.807, 2.05) is 60.7 Å². The Hall–Kier alpha value is -4.83. The maximum atomic E-state index is 12.4. The minimum absolute atomic E-state index is 0.127. The van der Waals surface area contributed by atoms with Crippen LogP contribution < -0.4 is 5.73 Å². The summed E-state index contributed by atoms with van der Waals surface area (Å²) in [6.07, 6.45) is 0. The van der Waals surface area contributed by atoms with Crippen molar-refractivity contribution in [2.24, 2.45) is 5.73 Å². The molecule has 0 saturated heterocycles. The molecule has 36 heavy (non-hydrogen) atoms. The molecule has 6 aromatic rings. The first kappa shape index (κ1) is 21.7. The van der Waals surface area contributed by atoms with E-state index in [9.17, 15) is 9.90 Å². The number of phenolic OH excluding ortho intramolecular Hbond substituents is 1. The van der Waals surface area contributed by atoms with E-state index >= 15 is 0 Å². The van der Waals surface area contributed by atoms with Gasteiger partial charge in [0, 0.05) is 17.5 Å². The highest BCUT2D eigenvalue weighted by molar-refractivity contribution is 6.20. The Kier molecular flexibility index (Phi) is 5.27. The summed E-state index contributed by atoms with van der Waals surface area (Å²) in [5, 5.41) is 12.5. The van der Waals surface area contributed by atoms with Crippen LogP contribution in [0.5, 0.6) is 5.75 Å². The van der Waals surface area contributed by atoms with Gasteiger partial charge in [0.1, 0.15) is 5.75 Å². The number of carbonyl (C=O) groups excluding carboxylic acids is 1. The Balaban J connectivity index is 1.60. The molecule has 0 atom stereocenters. The second kappa shape index (κ2) is 8.75. The summed E-state index contributed by atoms with van der Waals surface area (Å²) in [6.45, 7) is 0.570. The maximum absolute atomic E-state index is 12.4. The molecule has 1 heterocycles. The predicted octanol–water partition coefficient (Wildman–Crippen LogP) is 6.98. The van der Waals surface area contributed by atoms with Crippen LogP contribution in [0.4, 0.5) is 0 Å². The van der Waals surface area contributed by atoms with Crippen LogP contribution in [0.3, 0.4) is 0 Å². The first-order chi connectivity index (χ1) is 17.6. The van der Waals surface area contributed by atoms with E-state index < -0.39 is 5.91 Å². The van der Waals surface area contributed by atoms with Crippen LogP contribution >= 0.6 is 0 Å². The number of aromatic nitrogens is 1. The molecular weight excluding hydrogens is 444 g/mol. The lowest BCUT2D eigenvalue weighted by Crippen LogP contribution is -2.11. The summed E-state index contributed by atoms with van der Waals surface area (Å²) in [5.74, 6) is -0.390. The SMILES string of the molecule is NC(=O)c1cccc2c1c1c(O)cc(-c3ccccc3)cc1n2Cc1cccc(-c2ccccc2)c1. The largest absolute Gasteiger partial charge is 0.507 e. The zero-order valence-electron chi connectivity index (χ0n) is 19.6. The maximum Gasteiger partial charge on any atom is 0.249 e. The molecule has 4 nitrogen and oxygen atoms in total. The van der Waals surface area contributed by atoms with Crippen molar-refractivity contribution in [3.05, 3.63) is 126 Å². The number of benzene rings is 5. The van der Waals surface area contributed by atoms with Crippen LogP contribution in [-0.4, -0.2) is 15.6 Å². The number of primary amides is 1. The molecule has 0 aliphatic heterocycles. The zero-order valence-corrected chi connectivity index (χ0v) is 19.6. The van der Waals surface area contributed by atoms with Gasteiger partial charge >= 0.3 is 0 Å². The number of nitrogens with two attached hydrogens (primary N) is 1. The standard InChI is InChI=1S/C32H24N2O2/c33-32(36)26-15-8-16-27-30(26)31-28(18-25(19-29(31)35)23-12-5-2-6-13-23)34(27)20-21-9-7-14-24(17-21)22-10-3-1-4-11-22/h1-19,35H,20H2,(H2,33,36). The fraction of sp³-hybridized carbons (Fsp3) is 0.0312. The van der Waals surface area contributed by atoms with Gasteiger partial charge in [-0.2, -0.15) is 0 Å². The lowest BCUT2D eigenvalue weighted by atomic mass is 10.0. The fourth-order valence-corrected chi connectivity index (χ4v) is 5.07. The van der Waals surface area contributed by atoms with Crippen molar-refractivity contribution in [1.82, 2.24) is 4.57 Å². The van der Waals surface area contributed by atoms with Gasteiger partial charge in [0.05, 0.1) is 16.4 Å². The molecule has 4 heteroatoms. The lowest BCUT2D eigenvalue weighted by Gasteiger charge is -2.11. The molecule has 0 radical (unpaired) electrons. The second-order valence-corrected chi connectivity index (χ2v) is 8.97. The van der Waals surface area contributed by atoms with Crippen molar-refractivity contribution >= 4 is 27.7 Å². The number of amides is 1. The Labute approximate surface area is 208 Å². The highest BCUT2D eigenvalue weighted by Crippen LogP contribution is 2.40. The third-order valence-corrected chi connectivity index (χ3v) is 6.72. The predicted molar refractivity (Wildman–Crippen MR) is 146 cm³/mol. The topological polar surface area (TPSA) is 68.2 Å². The molecule has 0 saturated carbocycles. The normalized spacial score (nSPS) is 11.2. The molecule has 0 spiro atoms. The number of hydrogen-bond acceptors (Lipinski definition) is 2. The summed E-state index contributed by atoms with van der Waals surface area (Å²) >= 11 is 0. The van der Waals surface area contributed by atoms with Crippen molar-refractivity contribution < 1.29 is 9.90 Å². The molecule has 6 rings (SSSR count). The zero-order chi connectivity index (χ0) is 24.6. The summed E-state index contributed by atoms with van der Waals surface area (Å²) in [5.41, 5.74) is 13.2. The van der Waals surface area contributed by atoms with Crippen LogP contribution in [0.2, 0.25) is 0 Å². The highest BCUT2D eigenvalue weighted by atomic mass is 16.3. The van der Waals surface area contributed by atoms with Crippen molar-refractivity contribution in [1.29, 1.82) is 0 Å². The van der Waals surface area contributed by atoms with Gasteiger partial charge in [-0.15, -0.1) is 0 Å². The van der Waals surface area contributed by atoms with Gasteiger partial charge in [0.2, 0.25) is 5.91 Å². The molecule has 0 unspecified atom stereocenters. The van der Waals surface area contributed by atoms with E-state index in [0.29, 0.717) is 22.9 Å². The number of nitrogens with zero attached hydrogens (tertiary/aromatic N) is 1. The minimum atomic E-state index is -0.516. The van der Waals surface area contributed by atoms with E-state index in [1.165, 1.54) is 0 Å². The smallest absolute Gasteiger partial charge is 0.249 e. The van der Waals surface area contributed by atoms with Crippen molar-refractivity contribution in [3.8, 4) is 28.0 Å². The van der Waals surface area contributed by atoms with Gasteiger partial charge in [-0.25, -0.2) is 0 Å². The van der Waals surface area contributed by atoms with E-state index in [0.717, 1.165) is 38.9 Å². The third-order valence-electron chi connectivity index (χ3n) is 6.72. The van der Waals surface area contributed by atoms with E-state index in [4.69, 9.17) is 5.73 Å². The minimum Gasteiger partial charge on any atom is -0.507 e. The van der Waals surface area contributed by atoms with Crippen LogP contribution in [-0.2, 0) is 6.54 Å². The van der Waals surface area contributed by atoms with E-state index in [1.54, 1.807) is 12.1 Å². The molecule has 0 aliphatic rings. The van der Waals surface area contributed by atoms with Crippen LogP contribution in [0, 0.1) is 0 Å². The molecule has 0 fully saturated rings. The van der Waals surface area contributed by atoms with Crippen LogP contribution in [0.1, 0.15) is 15.9 Å². The number of hydrogen-bond donors (Lipinski definition) is 2. The first-order valence-electron chi connectivity index (χ1n) is 11.9. The monoisotopic (exact) mass is 468 g/mol.